The SMILES string of the molecule is Cc1cc(C)cc(-c2c(-c3ccc(-c4nc5ccccc5n4-c4ccccc4)cc3Br)cccc2-c2ccc(-c3nc4ccccc4n3-c3ccccc3)cc2Br)c1. The Labute approximate surface area is 354 Å². The Balaban J connectivity index is 1.13. The van der Waals surface area contributed by atoms with Crippen molar-refractivity contribution < 1.29 is 0 Å². The third-order valence-electron chi connectivity index (χ3n) is 10.8. The molecule has 0 spiro atoms. The summed E-state index contributed by atoms with van der Waals surface area (Å²) in [6.07, 6.45) is 0. The van der Waals surface area contributed by atoms with Crippen LogP contribution in [0.4, 0.5) is 0 Å². The number of rotatable bonds is 7. The molecule has 0 saturated carbocycles. The lowest BCUT2D eigenvalue weighted by Gasteiger charge is -2.20. The van der Waals surface area contributed by atoms with E-state index < -0.39 is 0 Å². The lowest BCUT2D eigenvalue weighted by Crippen LogP contribution is -1.98. The first kappa shape index (κ1) is 36.0. The van der Waals surface area contributed by atoms with Crippen LogP contribution in [-0.4, -0.2) is 19.1 Å². The number of hydrogen-bond donors (Lipinski definition) is 0. The molecular formula is C52H36Br2N4. The van der Waals surface area contributed by atoms with Crippen LogP contribution in [0.1, 0.15) is 11.1 Å². The van der Waals surface area contributed by atoms with Gasteiger partial charge in [0.2, 0.25) is 0 Å². The van der Waals surface area contributed by atoms with Crippen LogP contribution in [-0.2, 0) is 0 Å². The number of halogens is 2. The van der Waals surface area contributed by atoms with Gasteiger partial charge < -0.3 is 0 Å². The fourth-order valence-corrected chi connectivity index (χ4v) is 9.48. The van der Waals surface area contributed by atoms with Gasteiger partial charge in [0.05, 0.1) is 22.1 Å². The van der Waals surface area contributed by atoms with E-state index in [2.05, 4.69) is 213 Å². The van der Waals surface area contributed by atoms with Crippen LogP contribution in [0.3, 0.4) is 0 Å². The number of imidazole rings is 2. The number of nitrogens with zero attached hydrogens (tertiary/aromatic N) is 4. The van der Waals surface area contributed by atoms with Crippen LogP contribution in [0.25, 0.3) is 89.6 Å². The molecule has 10 aromatic rings. The second-order valence-electron chi connectivity index (χ2n) is 14.7. The van der Waals surface area contributed by atoms with Gasteiger partial charge in [0.1, 0.15) is 11.6 Å². The largest absolute Gasteiger partial charge is 0.292 e. The molecule has 0 aliphatic rings. The lowest BCUT2D eigenvalue weighted by molar-refractivity contribution is 1.10. The Kier molecular flexibility index (Phi) is 9.24. The Morgan fingerprint density at radius 2 is 0.810 bits per heavy atom. The fraction of sp³-hybridized carbons (Fsp3) is 0.0385. The predicted octanol–water partition coefficient (Wildman–Crippen LogP) is 14.8. The van der Waals surface area contributed by atoms with Gasteiger partial charge in [0.15, 0.2) is 0 Å². The maximum atomic E-state index is 5.15. The zero-order chi connectivity index (χ0) is 39.3. The molecule has 0 fully saturated rings. The number of aryl methyl sites for hydroxylation is 2. The molecule has 0 radical (unpaired) electrons. The molecule has 2 heterocycles. The minimum Gasteiger partial charge on any atom is -0.292 e. The zero-order valence-electron chi connectivity index (χ0n) is 31.9. The van der Waals surface area contributed by atoms with Crippen molar-refractivity contribution >= 4 is 53.9 Å². The molecule has 0 aliphatic carbocycles. The number of para-hydroxylation sites is 6. The van der Waals surface area contributed by atoms with Crippen molar-refractivity contribution in [2.45, 2.75) is 13.8 Å². The monoisotopic (exact) mass is 874 g/mol. The molecule has 6 heteroatoms. The summed E-state index contributed by atoms with van der Waals surface area (Å²) < 4.78 is 6.48. The number of fused-ring (bicyclic) bond motifs is 2. The van der Waals surface area contributed by atoms with Crippen molar-refractivity contribution in [2.24, 2.45) is 0 Å². The summed E-state index contributed by atoms with van der Waals surface area (Å²) in [5, 5.41) is 0. The van der Waals surface area contributed by atoms with Gasteiger partial charge in [-0.3, -0.25) is 9.13 Å². The lowest BCUT2D eigenvalue weighted by atomic mass is 9.86. The van der Waals surface area contributed by atoms with E-state index in [0.717, 1.165) is 87.4 Å². The van der Waals surface area contributed by atoms with Gasteiger partial charge in [0, 0.05) is 31.4 Å². The predicted molar refractivity (Wildman–Crippen MR) is 248 cm³/mol. The molecule has 0 aliphatic heterocycles. The highest BCUT2D eigenvalue weighted by Crippen LogP contribution is 2.46. The Morgan fingerprint density at radius 1 is 0.379 bits per heavy atom. The van der Waals surface area contributed by atoms with E-state index in [1.54, 1.807) is 0 Å². The summed E-state index contributed by atoms with van der Waals surface area (Å²) in [5.41, 5.74) is 17.5. The van der Waals surface area contributed by atoms with Crippen LogP contribution in [0.2, 0.25) is 0 Å². The van der Waals surface area contributed by atoms with Gasteiger partial charge >= 0.3 is 0 Å². The molecule has 0 saturated heterocycles. The average Bonchev–Trinajstić information content (AvgIpc) is 3.83. The van der Waals surface area contributed by atoms with Gasteiger partial charge in [-0.2, -0.15) is 0 Å². The molecule has 0 amide bonds. The van der Waals surface area contributed by atoms with Crippen molar-refractivity contribution in [3.05, 3.63) is 202 Å². The molecule has 0 N–H and O–H groups in total. The molecule has 2 aromatic heterocycles. The first-order valence-electron chi connectivity index (χ1n) is 19.3. The van der Waals surface area contributed by atoms with Gasteiger partial charge in [-0.15, -0.1) is 0 Å². The normalized spacial score (nSPS) is 11.4. The van der Waals surface area contributed by atoms with E-state index in [4.69, 9.17) is 9.97 Å². The van der Waals surface area contributed by atoms with E-state index in [9.17, 15) is 0 Å². The highest BCUT2D eigenvalue weighted by atomic mass is 79.9. The second kappa shape index (κ2) is 14.9. The van der Waals surface area contributed by atoms with Crippen LogP contribution in [0.5, 0.6) is 0 Å². The third kappa shape index (κ3) is 6.39. The van der Waals surface area contributed by atoms with Crippen molar-refractivity contribution in [1.82, 2.24) is 19.1 Å². The van der Waals surface area contributed by atoms with E-state index in [1.807, 2.05) is 24.3 Å². The molecule has 8 aromatic carbocycles. The van der Waals surface area contributed by atoms with Crippen LogP contribution in [0, 0.1) is 13.8 Å². The Bertz CT molecular complexity index is 2960. The smallest absolute Gasteiger partial charge is 0.145 e. The van der Waals surface area contributed by atoms with E-state index in [1.165, 1.54) is 22.3 Å². The van der Waals surface area contributed by atoms with Crippen molar-refractivity contribution in [3.8, 4) is 67.5 Å². The third-order valence-corrected chi connectivity index (χ3v) is 12.1. The molecule has 0 unspecified atom stereocenters. The minimum atomic E-state index is 0.896. The summed E-state index contributed by atoms with van der Waals surface area (Å²) in [6, 6.07) is 64.3. The Hall–Kier alpha value is -6.34. The van der Waals surface area contributed by atoms with Crippen molar-refractivity contribution in [1.29, 1.82) is 0 Å². The van der Waals surface area contributed by atoms with Gasteiger partial charge in [-0.25, -0.2) is 9.97 Å². The highest BCUT2D eigenvalue weighted by Gasteiger charge is 2.22. The molecule has 0 bridgehead atoms. The van der Waals surface area contributed by atoms with Crippen LogP contribution >= 0.6 is 31.9 Å². The van der Waals surface area contributed by atoms with E-state index >= 15 is 0 Å². The first-order valence-corrected chi connectivity index (χ1v) is 20.9. The first-order chi connectivity index (χ1) is 28.4. The van der Waals surface area contributed by atoms with Crippen molar-refractivity contribution in [2.75, 3.05) is 0 Å². The van der Waals surface area contributed by atoms with Gasteiger partial charge in [-0.05, 0) is 108 Å². The van der Waals surface area contributed by atoms with Gasteiger partial charge in [-0.1, -0.05) is 164 Å². The molecule has 278 valence electrons. The zero-order valence-corrected chi connectivity index (χ0v) is 35.0. The standard InChI is InChI=1S/C52H36Br2N4/c1-33-28-34(2)30-37(29-33)50-42(40-26-24-35(31-44(40)53)51-55-46-20-9-11-22-48(46)57(51)38-14-5-3-6-15-38)18-13-19-43(50)41-27-25-36(32-45(41)54)52-56-47-21-10-12-23-49(47)58(52)39-16-7-4-8-17-39/h3-32H,1-2H3. The summed E-state index contributed by atoms with van der Waals surface area (Å²) >= 11 is 8.11. The maximum Gasteiger partial charge on any atom is 0.145 e. The average molecular weight is 877 g/mol. The molecule has 10 rings (SSSR count). The quantitative estimate of drug-likeness (QED) is 0.160. The highest BCUT2D eigenvalue weighted by molar-refractivity contribution is 9.11. The number of hydrogen-bond acceptors (Lipinski definition) is 2. The van der Waals surface area contributed by atoms with E-state index in [-0.39, 0.29) is 0 Å². The number of aromatic nitrogens is 4. The van der Waals surface area contributed by atoms with Crippen LogP contribution < -0.4 is 0 Å². The topological polar surface area (TPSA) is 35.6 Å². The second-order valence-corrected chi connectivity index (χ2v) is 16.4. The summed E-state index contributed by atoms with van der Waals surface area (Å²) in [7, 11) is 0. The molecular weight excluding hydrogens is 840 g/mol. The van der Waals surface area contributed by atoms with Crippen LogP contribution in [0.15, 0.2) is 191 Å². The molecule has 4 nitrogen and oxygen atoms in total. The number of benzene rings is 8. The fourth-order valence-electron chi connectivity index (χ4n) is 8.29. The van der Waals surface area contributed by atoms with Crippen molar-refractivity contribution in [3.63, 3.8) is 0 Å². The summed E-state index contributed by atoms with van der Waals surface area (Å²) in [5.74, 6) is 1.79. The molecule has 0 atom stereocenters. The molecule has 58 heavy (non-hydrogen) atoms. The minimum absolute atomic E-state index is 0.896. The van der Waals surface area contributed by atoms with E-state index in [0.29, 0.717) is 0 Å². The summed E-state index contributed by atoms with van der Waals surface area (Å²) in [4.78, 5) is 10.3. The summed E-state index contributed by atoms with van der Waals surface area (Å²) in [6.45, 7) is 4.34. The van der Waals surface area contributed by atoms with Gasteiger partial charge in [0.25, 0.3) is 0 Å². The maximum absolute atomic E-state index is 5.15. The Morgan fingerprint density at radius 3 is 1.26 bits per heavy atom.